The smallest absolute Gasteiger partial charge is 0.175 e. The number of benzene rings is 1. The molecule has 1 heterocycles. The van der Waals surface area contributed by atoms with E-state index in [1.807, 2.05) is 0 Å². The topological polar surface area (TPSA) is 82.9 Å². The van der Waals surface area contributed by atoms with E-state index < -0.39 is 9.84 Å². The molecular weight excluding hydrogens is 274 g/mol. The molecule has 2 aromatic rings. The van der Waals surface area contributed by atoms with Gasteiger partial charge in [-0.2, -0.15) is 5.26 Å². The maximum Gasteiger partial charge on any atom is 0.175 e. The molecule has 0 saturated heterocycles. The van der Waals surface area contributed by atoms with Crippen molar-refractivity contribution in [2.24, 2.45) is 0 Å². The van der Waals surface area contributed by atoms with Crippen LogP contribution in [-0.2, 0) is 9.84 Å². The van der Waals surface area contributed by atoms with Gasteiger partial charge in [0.15, 0.2) is 9.84 Å². The minimum absolute atomic E-state index is 0.262. The highest BCUT2D eigenvalue weighted by atomic mass is 32.2. The number of nitriles is 1. The number of nitrogens with zero attached hydrogens (tertiary/aromatic N) is 2. The van der Waals surface area contributed by atoms with Gasteiger partial charge in [-0.1, -0.05) is 0 Å². The number of nitrogens with one attached hydrogen (secondary N) is 1. The summed E-state index contributed by atoms with van der Waals surface area (Å²) in [6, 6.07) is 11.8. The first-order valence-electron chi connectivity index (χ1n) is 5.84. The lowest BCUT2D eigenvalue weighted by Crippen LogP contribution is -1.99. The van der Waals surface area contributed by atoms with Gasteiger partial charge in [-0.3, -0.25) is 0 Å². The van der Waals surface area contributed by atoms with Crippen LogP contribution in [0.15, 0.2) is 41.3 Å². The van der Waals surface area contributed by atoms with Crippen molar-refractivity contribution in [2.75, 3.05) is 11.6 Å². The van der Waals surface area contributed by atoms with Gasteiger partial charge >= 0.3 is 0 Å². The third-order valence-electron chi connectivity index (χ3n) is 2.64. The van der Waals surface area contributed by atoms with E-state index >= 15 is 0 Å². The van der Waals surface area contributed by atoms with E-state index in [0.29, 0.717) is 17.1 Å². The molecular formula is C14H13N3O2S. The summed E-state index contributed by atoms with van der Waals surface area (Å²) in [4.78, 5) is 4.53. The Hall–Kier alpha value is -2.39. The highest BCUT2D eigenvalue weighted by molar-refractivity contribution is 7.90. The molecule has 20 heavy (non-hydrogen) atoms. The zero-order valence-electron chi connectivity index (χ0n) is 11.1. The number of hydrogen-bond donors (Lipinski definition) is 1. The second-order valence-electron chi connectivity index (χ2n) is 4.42. The van der Waals surface area contributed by atoms with Crippen molar-refractivity contribution >= 4 is 21.3 Å². The molecule has 0 atom stereocenters. The fourth-order valence-electron chi connectivity index (χ4n) is 1.73. The number of pyridine rings is 1. The second kappa shape index (κ2) is 5.31. The lowest BCUT2D eigenvalue weighted by Gasteiger charge is -2.07. The summed E-state index contributed by atoms with van der Waals surface area (Å²) in [6.45, 7) is 1.80. The molecule has 0 aliphatic rings. The van der Waals surface area contributed by atoms with Crippen LogP contribution >= 0.6 is 0 Å². The van der Waals surface area contributed by atoms with Crippen molar-refractivity contribution in [3.63, 3.8) is 0 Å². The molecule has 0 radical (unpaired) electrons. The Balaban J connectivity index is 2.27. The van der Waals surface area contributed by atoms with E-state index in [9.17, 15) is 8.42 Å². The van der Waals surface area contributed by atoms with Crippen LogP contribution in [0.4, 0.5) is 11.5 Å². The van der Waals surface area contributed by atoms with Crippen molar-refractivity contribution in [3.8, 4) is 6.07 Å². The molecule has 1 aromatic heterocycles. The number of aryl methyl sites for hydroxylation is 1. The van der Waals surface area contributed by atoms with Gasteiger partial charge in [0.25, 0.3) is 0 Å². The first-order chi connectivity index (χ1) is 9.38. The van der Waals surface area contributed by atoms with Crippen molar-refractivity contribution in [3.05, 3.63) is 47.7 Å². The number of rotatable bonds is 3. The molecule has 0 amide bonds. The quantitative estimate of drug-likeness (QED) is 0.937. The monoisotopic (exact) mass is 287 g/mol. The molecule has 2 rings (SSSR count). The maximum absolute atomic E-state index is 11.4. The van der Waals surface area contributed by atoms with Gasteiger partial charge in [0, 0.05) is 17.6 Å². The standard InChI is InChI=1S/C14H13N3O2S/c1-10-7-11(9-15)8-14(16-10)17-12-3-5-13(6-4-12)20(2,18)19/h3-8H,1-2H3,(H,16,17). The van der Waals surface area contributed by atoms with Gasteiger partial charge < -0.3 is 5.32 Å². The highest BCUT2D eigenvalue weighted by Crippen LogP contribution is 2.18. The van der Waals surface area contributed by atoms with Crippen molar-refractivity contribution in [1.29, 1.82) is 5.26 Å². The molecule has 5 nitrogen and oxygen atoms in total. The van der Waals surface area contributed by atoms with Gasteiger partial charge in [0.05, 0.1) is 16.5 Å². The van der Waals surface area contributed by atoms with Crippen LogP contribution in [0.2, 0.25) is 0 Å². The molecule has 0 aliphatic carbocycles. The molecule has 102 valence electrons. The number of aromatic nitrogens is 1. The molecule has 0 saturated carbocycles. The normalized spacial score (nSPS) is 10.8. The Bertz CT molecular complexity index is 775. The molecule has 0 spiro atoms. The van der Waals surface area contributed by atoms with Crippen LogP contribution in [0, 0.1) is 18.3 Å². The summed E-state index contributed by atoms with van der Waals surface area (Å²) in [7, 11) is -3.20. The first-order valence-corrected chi connectivity index (χ1v) is 7.73. The van der Waals surface area contributed by atoms with Crippen LogP contribution in [0.1, 0.15) is 11.3 Å². The average molecular weight is 287 g/mol. The van der Waals surface area contributed by atoms with E-state index in [0.717, 1.165) is 11.9 Å². The molecule has 0 bridgehead atoms. The van der Waals surface area contributed by atoms with E-state index in [2.05, 4.69) is 16.4 Å². The average Bonchev–Trinajstić information content (AvgIpc) is 2.37. The lowest BCUT2D eigenvalue weighted by molar-refractivity contribution is 0.602. The Morgan fingerprint density at radius 3 is 2.40 bits per heavy atom. The Labute approximate surface area is 117 Å². The predicted octanol–water partition coefficient (Wildman–Crippen LogP) is 2.41. The fourth-order valence-corrected chi connectivity index (χ4v) is 2.36. The Kier molecular flexibility index (Phi) is 3.72. The Morgan fingerprint density at radius 2 is 1.85 bits per heavy atom. The summed E-state index contributed by atoms with van der Waals surface area (Å²) in [5, 5.41) is 11.9. The van der Waals surface area contributed by atoms with Gasteiger partial charge in [0.1, 0.15) is 5.82 Å². The van der Waals surface area contributed by atoms with Crippen molar-refractivity contribution < 1.29 is 8.42 Å². The molecule has 6 heteroatoms. The van der Waals surface area contributed by atoms with E-state index in [1.165, 1.54) is 12.1 Å². The largest absolute Gasteiger partial charge is 0.340 e. The van der Waals surface area contributed by atoms with Gasteiger partial charge in [-0.05, 0) is 43.3 Å². The Morgan fingerprint density at radius 1 is 1.20 bits per heavy atom. The highest BCUT2D eigenvalue weighted by Gasteiger charge is 2.06. The van der Waals surface area contributed by atoms with Gasteiger partial charge in [0.2, 0.25) is 0 Å². The van der Waals surface area contributed by atoms with Crippen LogP contribution in [-0.4, -0.2) is 19.7 Å². The fraction of sp³-hybridized carbons (Fsp3) is 0.143. The van der Waals surface area contributed by atoms with Gasteiger partial charge in [-0.15, -0.1) is 0 Å². The number of hydrogen-bond acceptors (Lipinski definition) is 5. The zero-order valence-corrected chi connectivity index (χ0v) is 11.9. The minimum atomic E-state index is -3.20. The number of anilines is 2. The van der Waals surface area contributed by atoms with E-state index in [-0.39, 0.29) is 4.90 Å². The molecule has 0 fully saturated rings. The molecule has 0 unspecified atom stereocenters. The summed E-state index contributed by atoms with van der Waals surface area (Å²) in [6.07, 6.45) is 1.16. The predicted molar refractivity (Wildman–Crippen MR) is 76.5 cm³/mol. The minimum Gasteiger partial charge on any atom is -0.340 e. The van der Waals surface area contributed by atoms with Crippen LogP contribution < -0.4 is 5.32 Å². The third kappa shape index (κ3) is 3.33. The van der Waals surface area contributed by atoms with E-state index in [4.69, 9.17) is 5.26 Å². The number of sulfone groups is 1. The van der Waals surface area contributed by atoms with Crippen LogP contribution in [0.25, 0.3) is 0 Å². The zero-order chi connectivity index (χ0) is 14.8. The van der Waals surface area contributed by atoms with Crippen LogP contribution in [0.3, 0.4) is 0 Å². The second-order valence-corrected chi connectivity index (χ2v) is 6.43. The van der Waals surface area contributed by atoms with Crippen molar-refractivity contribution in [2.45, 2.75) is 11.8 Å². The van der Waals surface area contributed by atoms with Crippen LogP contribution in [0.5, 0.6) is 0 Å². The SMILES string of the molecule is Cc1cc(C#N)cc(Nc2ccc(S(C)(=O)=O)cc2)n1. The summed E-state index contributed by atoms with van der Waals surface area (Å²) in [5.74, 6) is 0.550. The van der Waals surface area contributed by atoms with Gasteiger partial charge in [-0.25, -0.2) is 13.4 Å². The third-order valence-corrected chi connectivity index (χ3v) is 3.77. The summed E-state index contributed by atoms with van der Waals surface area (Å²) in [5.41, 5.74) is 1.96. The molecule has 0 aliphatic heterocycles. The lowest BCUT2D eigenvalue weighted by atomic mass is 10.2. The van der Waals surface area contributed by atoms with E-state index in [1.54, 1.807) is 31.2 Å². The van der Waals surface area contributed by atoms with Crippen molar-refractivity contribution in [1.82, 2.24) is 4.98 Å². The summed E-state index contributed by atoms with van der Waals surface area (Å²) < 4.78 is 22.7. The summed E-state index contributed by atoms with van der Waals surface area (Å²) >= 11 is 0. The molecule has 1 aromatic carbocycles. The maximum atomic E-state index is 11.4. The molecule has 1 N–H and O–H groups in total. The first kappa shape index (κ1) is 14.0.